The molecule has 2 rings (SSSR count). The molecular weight excluding hydrogens is 262 g/mol. The quantitative estimate of drug-likeness (QED) is 0.875. The maximum absolute atomic E-state index is 11.1. The highest BCUT2D eigenvalue weighted by molar-refractivity contribution is 5.88. The van der Waals surface area contributed by atoms with Crippen LogP contribution in [0.2, 0.25) is 0 Å². The summed E-state index contributed by atoms with van der Waals surface area (Å²) < 4.78 is 1.26. The van der Waals surface area contributed by atoms with Gasteiger partial charge in [-0.1, -0.05) is 17.3 Å². The molecule has 0 unspecified atom stereocenters. The Labute approximate surface area is 114 Å². The lowest BCUT2D eigenvalue weighted by molar-refractivity contribution is -0.146. The van der Waals surface area contributed by atoms with Crippen LogP contribution in [-0.4, -0.2) is 37.1 Å². The topological polar surface area (TPSA) is 105 Å². The normalized spacial score (nSPS) is 11.3. The fourth-order valence-corrected chi connectivity index (χ4v) is 1.55. The van der Waals surface area contributed by atoms with Crippen molar-refractivity contribution in [2.75, 3.05) is 0 Å². The average Bonchev–Trinajstić information content (AvgIpc) is 2.88. The largest absolute Gasteiger partial charge is 0.479 e. The first-order valence-corrected chi connectivity index (χ1v) is 5.82. The van der Waals surface area contributed by atoms with Gasteiger partial charge in [0.15, 0.2) is 5.54 Å². The summed E-state index contributed by atoms with van der Waals surface area (Å²) in [7, 11) is 0. The Morgan fingerprint density at radius 2 is 1.75 bits per heavy atom. The summed E-state index contributed by atoms with van der Waals surface area (Å²) >= 11 is 0. The molecule has 104 valence electrons. The molecule has 7 heteroatoms. The van der Waals surface area contributed by atoms with E-state index in [0.717, 1.165) is 0 Å². The third kappa shape index (κ3) is 2.37. The lowest BCUT2D eigenvalue weighted by Gasteiger charge is -2.18. The number of rotatable bonds is 4. The van der Waals surface area contributed by atoms with Gasteiger partial charge < -0.3 is 10.2 Å². The number of carboxylic acid groups (broad SMARTS) is 2. The van der Waals surface area contributed by atoms with Crippen molar-refractivity contribution < 1.29 is 19.8 Å². The van der Waals surface area contributed by atoms with Crippen LogP contribution in [0, 0.1) is 0 Å². The molecule has 0 radical (unpaired) electrons. The van der Waals surface area contributed by atoms with Gasteiger partial charge in [-0.15, -0.1) is 5.10 Å². The average molecular weight is 275 g/mol. The summed E-state index contributed by atoms with van der Waals surface area (Å²) in [6.45, 7) is 3.03. The second kappa shape index (κ2) is 4.76. The molecule has 20 heavy (non-hydrogen) atoms. The maximum atomic E-state index is 11.1. The van der Waals surface area contributed by atoms with Gasteiger partial charge in [0.05, 0.1) is 11.8 Å². The molecule has 2 N–H and O–H groups in total. The summed E-state index contributed by atoms with van der Waals surface area (Å²) in [6, 6.07) is 6.12. The molecule has 0 saturated heterocycles. The van der Waals surface area contributed by atoms with E-state index < -0.39 is 17.5 Å². The fourth-order valence-electron chi connectivity index (χ4n) is 1.55. The van der Waals surface area contributed by atoms with Crippen molar-refractivity contribution in [2.24, 2.45) is 0 Å². The van der Waals surface area contributed by atoms with Gasteiger partial charge in [0.1, 0.15) is 5.69 Å². The summed E-state index contributed by atoms with van der Waals surface area (Å²) in [5, 5.41) is 25.7. The van der Waals surface area contributed by atoms with Gasteiger partial charge in [-0.3, -0.25) is 0 Å². The molecule has 0 fully saturated rings. The van der Waals surface area contributed by atoms with Crippen molar-refractivity contribution >= 4 is 11.9 Å². The van der Waals surface area contributed by atoms with Crippen LogP contribution in [0.1, 0.15) is 24.2 Å². The zero-order valence-electron chi connectivity index (χ0n) is 10.9. The highest BCUT2D eigenvalue weighted by Crippen LogP contribution is 2.20. The van der Waals surface area contributed by atoms with E-state index >= 15 is 0 Å². The molecule has 0 aliphatic carbocycles. The summed E-state index contributed by atoms with van der Waals surface area (Å²) in [5.74, 6) is -2.03. The highest BCUT2D eigenvalue weighted by Gasteiger charge is 2.30. The van der Waals surface area contributed by atoms with Gasteiger partial charge in [-0.25, -0.2) is 14.3 Å². The molecule has 0 atom stereocenters. The first-order chi connectivity index (χ1) is 9.32. The second-order valence-corrected chi connectivity index (χ2v) is 4.80. The molecule has 0 aliphatic heterocycles. The van der Waals surface area contributed by atoms with Crippen LogP contribution < -0.4 is 0 Å². The lowest BCUT2D eigenvalue weighted by atomic mass is 10.1. The molecular formula is C13H13N3O4. The predicted molar refractivity (Wildman–Crippen MR) is 69.4 cm³/mol. The number of aromatic carboxylic acids is 1. The van der Waals surface area contributed by atoms with Crippen molar-refractivity contribution in [2.45, 2.75) is 19.4 Å². The minimum Gasteiger partial charge on any atom is -0.479 e. The second-order valence-electron chi connectivity index (χ2n) is 4.80. The Bertz CT molecular complexity index is 659. The summed E-state index contributed by atoms with van der Waals surface area (Å²) in [4.78, 5) is 21.9. The van der Waals surface area contributed by atoms with Gasteiger partial charge in [0.25, 0.3) is 0 Å². The molecule has 0 aliphatic rings. The fraction of sp³-hybridized carbons (Fsp3) is 0.231. The Kier molecular flexibility index (Phi) is 3.27. The van der Waals surface area contributed by atoms with Crippen molar-refractivity contribution in [3.05, 3.63) is 36.0 Å². The van der Waals surface area contributed by atoms with E-state index in [2.05, 4.69) is 10.3 Å². The third-order valence-electron chi connectivity index (χ3n) is 3.02. The molecule has 7 nitrogen and oxygen atoms in total. The van der Waals surface area contributed by atoms with Gasteiger partial charge in [-0.05, 0) is 26.0 Å². The Morgan fingerprint density at radius 3 is 2.25 bits per heavy atom. The molecule has 0 spiro atoms. The number of aromatic nitrogens is 3. The molecule has 0 amide bonds. The number of nitrogens with zero attached hydrogens (tertiary/aromatic N) is 3. The first-order valence-electron chi connectivity index (χ1n) is 5.82. The first kappa shape index (κ1) is 13.7. The summed E-state index contributed by atoms with van der Waals surface area (Å²) in [6.07, 6.45) is 1.52. The molecule has 1 aromatic carbocycles. The van der Waals surface area contributed by atoms with Crippen LogP contribution >= 0.6 is 0 Å². The van der Waals surface area contributed by atoms with Crippen LogP contribution in [0.5, 0.6) is 0 Å². The van der Waals surface area contributed by atoms with E-state index in [1.807, 2.05) is 0 Å². The lowest BCUT2D eigenvalue weighted by Crippen LogP contribution is -2.36. The van der Waals surface area contributed by atoms with Gasteiger partial charge >= 0.3 is 11.9 Å². The summed E-state index contributed by atoms with van der Waals surface area (Å²) in [5.41, 5.74) is 0.123. The Hall–Kier alpha value is -2.70. The van der Waals surface area contributed by atoms with E-state index in [-0.39, 0.29) is 5.56 Å². The van der Waals surface area contributed by atoms with Crippen molar-refractivity contribution in [1.29, 1.82) is 0 Å². The zero-order chi connectivity index (χ0) is 14.9. The number of aliphatic carboxylic acids is 1. The van der Waals surface area contributed by atoms with Crippen molar-refractivity contribution in [3.63, 3.8) is 0 Å². The van der Waals surface area contributed by atoms with Crippen LogP contribution in [0.4, 0.5) is 0 Å². The van der Waals surface area contributed by atoms with E-state index in [9.17, 15) is 9.59 Å². The number of hydrogen-bond acceptors (Lipinski definition) is 4. The minimum atomic E-state index is -1.20. The SMILES string of the molecule is CC(C)(C(=O)O)n1cc(-c2ccc(C(=O)O)cc2)nn1. The zero-order valence-corrected chi connectivity index (χ0v) is 10.9. The molecule has 0 saturated carbocycles. The Balaban J connectivity index is 2.34. The van der Waals surface area contributed by atoms with Crippen LogP contribution in [0.3, 0.4) is 0 Å². The van der Waals surface area contributed by atoms with E-state index in [0.29, 0.717) is 11.3 Å². The monoisotopic (exact) mass is 275 g/mol. The minimum absolute atomic E-state index is 0.173. The standard InChI is InChI=1S/C13H13N3O4/c1-13(2,12(19)20)16-7-10(14-15-16)8-3-5-9(6-4-8)11(17)18/h3-7H,1-2H3,(H,17,18)(H,19,20). The predicted octanol–water partition coefficient (Wildman–Crippen LogP) is 1.46. The number of hydrogen-bond donors (Lipinski definition) is 2. The Morgan fingerprint density at radius 1 is 1.15 bits per heavy atom. The number of benzene rings is 1. The third-order valence-corrected chi connectivity index (χ3v) is 3.02. The van der Waals surface area contributed by atoms with Crippen molar-refractivity contribution in [1.82, 2.24) is 15.0 Å². The van der Waals surface area contributed by atoms with E-state index in [4.69, 9.17) is 10.2 Å². The van der Waals surface area contributed by atoms with E-state index in [1.165, 1.54) is 36.9 Å². The van der Waals surface area contributed by atoms with Gasteiger partial charge in [-0.2, -0.15) is 0 Å². The molecule has 0 bridgehead atoms. The molecule has 1 aromatic heterocycles. The van der Waals surface area contributed by atoms with Crippen LogP contribution in [0.15, 0.2) is 30.5 Å². The van der Waals surface area contributed by atoms with E-state index in [1.54, 1.807) is 12.1 Å². The number of carboxylic acids is 2. The van der Waals surface area contributed by atoms with Gasteiger partial charge in [0.2, 0.25) is 0 Å². The smallest absolute Gasteiger partial charge is 0.335 e. The van der Waals surface area contributed by atoms with Gasteiger partial charge in [0, 0.05) is 5.56 Å². The highest BCUT2D eigenvalue weighted by atomic mass is 16.4. The van der Waals surface area contributed by atoms with Crippen LogP contribution in [-0.2, 0) is 10.3 Å². The van der Waals surface area contributed by atoms with Crippen molar-refractivity contribution in [3.8, 4) is 11.3 Å². The maximum Gasteiger partial charge on any atom is 0.335 e. The molecule has 1 heterocycles. The molecule has 2 aromatic rings. The van der Waals surface area contributed by atoms with Crippen LogP contribution in [0.25, 0.3) is 11.3 Å². The number of carbonyl (C=O) groups is 2.